The number of aromatic nitrogens is 2. The molecular weight excluding hydrogens is 621 g/mol. The summed E-state index contributed by atoms with van der Waals surface area (Å²) in [5.74, 6) is 0.687. The Morgan fingerprint density at radius 2 is 0.902 bits per heavy atom. The first-order valence-electron chi connectivity index (χ1n) is 17.2. The maximum atomic E-state index is 6.53. The number of fused-ring (bicyclic) bond motifs is 6. The molecule has 10 rings (SSSR count). The molecule has 0 aliphatic heterocycles. The van der Waals surface area contributed by atoms with Gasteiger partial charge >= 0.3 is 0 Å². The standard InChI is InChI=1S/C48H30N2O/c1-4-12-31(13-5-1)34-20-21-36-27-38(23-22-35(36)26-34)44-30-45(50-48(49-44)33-16-8-3-9-17-33)42-29-43-39-18-10-11-19-46(39)51-47(43)40-25-24-37(28-41(40)42)32-14-6-2-7-15-32/h1-30H. The smallest absolute Gasteiger partial charge is 0.160 e. The Morgan fingerprint density at radius 3 is 1.63 bits per heavy atom. The second kappa shape index (κ2) is 11.9. The summed E-state index contributed by atoms with van der Waals surface area (Å²) in [6, 6.07) is 63.9. The molecule has 2 heterocycles. The summed E-state index contributed by atoms with van der Waals surface area (Å²) in [4.78, 5) is 10.5. The van der Waals surface area contributed by atoms with Gasteiger partial charge in [0, 0.05) is 32.8 Å². The number of nitrogens with zero attached hydrogens (tertiary/aromatic N) is 2. The highest BCUT2D eigenvalue weighted by Crippen LogP contribution is 2.42. The quantitative estimate of drug-likeness (QED) is 0.186. The lowest BCUT2D eigenvalue weighted by Crippen LogP contribution is -1.97. The number of benzene rings is 8. The van der Waals surface area contributed by atoms with Crippen molar-refractivity contribution in [3.63, 3.8) is 0 Å². The summed E-state index contributed by atoms with van der Waals surface area (Å²) in [5.41, 5.74) is 11.3. The van der Waals surface area contributed by atoms with E-state index in [-0.39, 0.29) is 0 Å². The Morgan fingerprint density at radius 1 is 0.333 bits per heavy atom. The molecule has 0 amide bonds. The first-order chi connectivity index (χ1) is 25.2. The average Bonchev–Trinajstić information content (AvgIpc) is 3.59. The first kappa shape index (κ1) is 29.1. The van der Waals surface area contributed by atoms with Crippen LogP contribution in [0, 0.1) is 0 Å². The maximum Gasteiger partial charge on any atom is 0.160 e. The largest absolute Gasteiger partial charge is 0.455 e. The molecule has 0 saturated carbocycles. The molecule has 0 aliphatic rings. The second-order valence-corrected chi connectivity index (χ2v) is 13.0. The Balaban J connectivity index is 1.21. The molecule has 0 spiro atoms. The van der Waals surface area contributed by atoms with Crippen LogP contribution in [0.1, 0.15) is 0 Å². The lowest BCUT2D eigenvalue weighted by molar-refractivity contribution is 0.672. The molecule has 0 atom stereocenters. The molecule has 0 N–H and O–H groups in total. The minimum Gasteiger partial charge on any atom is -0.455 e. The SMILES string of the molecule is c1ccc(-c2ccc3cc(-c4cc(-c5cc6c7ccccc7oc6c6ccc(-c7ccccc7)cc56)nc(-c5ccccc5)n4)ccc3c2)cc1. The highest BCUT2D eigenvalue weighted by atomic mass is 16.3. The first-order valence-corrected chi connectivity index (χ1v) is 17.2. The number of hydrogen-bond acceptors (Lipinski definition) is 3. The van der Waals surface area contributed by atoms with E-state index in [1.54, 1.807) is 0 Å². The van der Waals surface area contributed by atoms with Gasteiger partial charge in [0.15, 0.2) is 5.82 Å². The third kappa shape index (κ3) is 5.15. The van der Waals surface area contributed by atoms with Crippen LogP contribution in [0.2, 0.25) is 0 Å². The van der Waals surface area contributed by atoms with Crippen LogP contribution in [0.3, 0.4) is 0 Å². The van der Waals surface area contributed by atoms with Crippen molar-refractivity contribution < 1.29 is 4.42 Å². The maximum absolute atomic E-state index is 6.53. The van der Waals surface area contributed by atoms with Crippen molar-refractivity contribution in [1.29, 1.82) is 0 Å². The number of rotatable bonds is 5. The van der Waals surface area contributed by atoms with E-state index < -0.39 is 0 Å². The van der Waals surface area contributed by atoms with Gasteiger partial charge in [0.25, 0.3) is 0 Å². The molecule has 2 aromatic heterocycles. The summed E-state index contributed by atoms with van der Waals surface area (Å²) in [6.07, 6.45) is 0. The summed E-state index contributed by atoms with van der Waals surface area (Å²) < 4.78 is 6.53. The number of furan rings is 1. The molecule has 238 valence electrons. The van der Waals surface area contributed by atoms with Crippen LogP contribution in [0.25, 0.3) is 99.6 Å². The van der Waals surface area contributed by atoms with Crippen LogP contribution in [0.5, 0.6) is 0 Å². The topological polar surface area (TPSA) is 38.9 Å². The Bertz CT molecular complexity index is 2890. The van der Waals surface area contributed by atoms with Gasteiger partial charge in [0.05, 0.1) is 11.4 Å². The van der Waals surface area contributed by atoms with Gasteiger partial charge in [-0.05, 0) is 80.9 Å². The van der Waals surface area contributed by atoms with Crippen molar-refractivity contribution in [3.8, 4) is 56.2 Å². The molecule has 51 heavy (non-hydrogen) atoms. The minimum absolute atomic E-state index is 0.687. The van der Waals surface area contributed by atoms with E-state index in [9.17, 15) is 0 Å². The van der Waals surface area contributed by atoms with Crippen LogP contribution < -0.4 is 0 Å². The number of hydrogen-bond donors (Lipinski definition) is 0. The molecule has 0 bridgehead atoms. The van der Waals surface area contributed by atoms with E-state index in [0.717, 1.165) is 77.3 Å². The molecule has 3 heteroatoms. The van der Waals surface area contributed by atoms with Crippen molar-refractivity contribution in [1.82, 2.24) is 9.97 Å². The van der Waals surface area contributed by atoms with Gasteiger partial charge in [0.1, 0.15) is 11.2 Å². The fourth-order valence-corrected chi connectivity index (χ4v) is 7.28. The van der Waals surface area contributed by atoms with E-state index in [1.807, 2.05) is 30.3 Å². The van der Waals surface area contributed by atoms with E-state index in [1.165, 1.54) is 16.5 Å². The molecule has 0 saturated heterocycles. The Hall–Kier alpha value is -6.84. The zero-order valence-corrected chi connectivity index (χ0v) is 27.6. The van der Waals surface area contributed by atoms with Crippen molar-refractivity contribution in [2.24, 2.45) is 0 Å². The van der Waals surface area contributed by atoms with Crippen molar-refractivity contribution in [2.45, 2.75) is 0 Å². The molecule has 0 unspecified atom stereocenters. The number of para-hydroxylation sites is 1. The molecule has 0 fully saturated rings. The lowest BCUT2D eigenvalue weighted by Gasteiger charge is -2.13. The van der Waals surface area contributed by atoms with Gasteiger partial charge in [-0.1, -0.05) is 140 Å². The fourth-order valence-electron chi connectivity index (χ4n) is 7.28. The van der Waals surface area contributed by atoms with Gasteiger partial charge < -0.3 is 4.42 Å². The highest BCUT2D eigenvalue weighted by Gasteiger charge is 2.19. The summed E-state index contributed by atoms with van der Waals surface area (Å²) >= 11 is 0. The van der Waals surface area contributed by atoms with Crippen molar-refractivity contribution in [2.75, 3.05) is 0 Å². The zero-order valence-electron chi connectivity index (χ0n) is 27.6. The third-order valence-electron chi connectivity index (χ3n) is 9.86. The monoisotopic (exact) mass is 650 g/mol. The Labute approximate surface area is 295 Å². The second-order valence-electron chi connectivity index (χ2n) is 13.0. The van der Waals surface area contributed by atoms with Gasteiger partial charge in [-0.2, -0.15) is 0 Å². The summed E-state index contributed by atoms with van der Waals surface area (Å²) in [7, 11) is 0. The molecule has 0 aliphatic carbocycles. The van der Waals surface area contributed by atoms with Crippen LogP contribution in [-0.4, -0.2) is 9.97 Å². The zero-order chi connectivity index (χ0) is 33.7. The van der Waals surface area contributed by atoms with Crippen LogP contribution in [0.4, 0.5) is 0 Å². The summed E-state index contributed by atoms with van der Waals surface area (Å²) in [5, 5.41) is 6.65. The van der Waals surface area contributed by atoms with Gasteiger partial charge in [0.2, 0.25) is 0 Å². The van der Waals surface area contributed by atoms with Crippen molar-refractivity contribution >= 4 is 43.5 Å². The van der Waals surface area contributed by atoms with E-state index in [2.05, 4.69) is 152 Å². The Kier molecular flexibility index (Phi) is 6.81. The average molecular weight is 651 g/mol. The van der Waals surface area contributed by atoms with Crippen LogP contribution in [0.15, 0.2) is 186 Å². The van der Waals surface area contributed by atoms with Gasteiger partial charge in [-0.15, -0.1) is 0 Å². The van der Waals surface area contributed by atoms with E-state index >= 15 is 0 Å². The van der Waals surface area contributed by atoms with Crippen molar-refractivity contribution in [3.05, 3.63) is 182 Å². The molecule has 10 aromatic rings. The highest BCUT2D eigenvalue weighted by molar-refractivity contribution is 6.19. The van der Waals surface area contributed by atoms with Gasteiger partial charge in [-0.3, -0.25) is 0 Å². The van der Waals surface area contributed by atoms with E-state index in [4.69, 9.17) is 14.4 Å². The van der Waals surface area contributed by atoms with E-state index in [0.29, 0.717) is 5.82 Å². The minimum atomic E-state index is 0.687. The molecular formula is C48H30N2O. The predicted octanol–water partition coefficient (Wildman–Crippen LogP) is 13.0. The third-order valence-corrected chi connectivity index (χ3v) is 9.86. The molecule has 3 nitrogen and oxygen atoms in total. The molecule has 0 radical (unpaired) electrons. The van der Waals surface area contributed by atoms with Crippen LogP contribution >= 0.6 is 0 Å². The van der Waals surface area contributed by atoms with Crippen LogP contribution in [-0.2, 0) is 0 Å². The normalized spacial score (nSPS) is 11.5. The molecule has 8 aromatic carbocycles. The lowest BCUT2D eigenvalue weighted by atomic mass is 9.94. The predicted molar refractivity (Wildman–Crippen MR) is 212 cm³/mol. The summed E-state index contributed by atoms with van der Waals surface area (Å²) in [6.45, 7) is 0. The fraction of sp³-hybridized carbons (Fsp3) is 0. The van der Waals surface area contributed by atoms with Gasteiger partial charge in [-0.25, -0.2) is 9.97 Å².